The zero-order valence-corrected chi connectivity index (χ0v) is 17.8. The minimum absolute atomic E-state index is 0.134. The summed E-state index contributed by atoms with van der Waals surface area (Å²) in [6, 6.07) is 0. The van der Waals surface area contributed by atoms with Crippen molar-refractivity contribution in [3.8, 4) is 0 Å². The fourth-order valence-electron chi connectivity index (χ4n) is 2.57. The summed E-state index contributed by atoms with van der Waals surface area (Å²) in [7, 11) is 3.95. The van der Waals surface area contributed by atoms with Crippen LogP contribution in [0.15, 0.2) is 12.7 Å². The third kappa shape index (κ3) is 12.7. The van der Waals surface area contributed by atoms with Gasteiger partial charge in [0.25, 0.3) is 0 Å². The highest BCUT2D eigenvalue weighted by Gasteiger charge is 2.34. The van der Waals surface area contributed by atoms with E-state index in [-0.39, 0.29) is 11.3 Å². The average Bonchev–Trinajstić information content (AvgIpc) is 2.38. The molecule has 0 unspecified atom stereocenters. The molecule has 0 saturated carbocycles. The van der Waals surface area contributed by atoms with Gasteiger partial charge in [-0.05, 0) is 31.6 Å². The van der Waals surface area contributed by atoms with Crippen LogP contribution in [0.25, 0.3) is 0 Å². The van der Waals surface area contributed by atoms with Crippen molar-refractivity contribution in [1.29, 1.82) is 0 Å². The van der Waals surface area contributed by atoms with Crippen LogP contribution in [0.3, 0.4) is 0 Å². The van der Waals surface area contributed by atoms with Gasteiger partial charge in [0.1, 0.15) is 5.78 Å². The first-order chi connectivity index (χ1) is 9.75. The van der Waals surface area contributed by atoms with E-state index in [1.807, 2.05) is 19.9 Å². The molecule has 0 spiro atoms. The summed E-state index contributed by atoms with van der Waals surface area (Å²) in [6.45, 7) is 14.3. The van der Waals surface area contributed by atoms with E-state index < -0.39 is 0 Å². The van der Waals surface area contributed by atoms with E-state index in [9.17, 15) is 4.79 Å². The van der Waals surface area contributed by atoms with E-state index in [1.54, 1.807) is 0 Å². The fourth-order valence-corrected chi connectivity index (χ4v) is 5.32. The minimum Gasteiger partial charge on any atom is -0.299 e. The monoisotopic (exact) mass is 384 g/mol. The Hall–Kier alpha value is 0.510. The first-order valence-corrected chi connectivity index (χ1v) is 12.5. The van der Waals surface area contributed by atoms with Crippen LogP contribution in [0.5, 0.6) is 0 Å². The third-order valence-corrected chi connectivity index (χ3v) is 7.61. The van der Waals surface area contributed by atoms with Gasteiger partial charge in [-0.3, -0.25) is 4.79 Å². The van der Waals surface area contributed by atoms with Crippen molar-refractivity contribution in [2.45, 2.75) is 60.3 Å². The van der Waals surface area contributed by atoms with Crippen molar-refractivity contribution in [2.75, 3.05) is 0 Å². The highest BCUT2D eigenvalue weighted by atomic mass is 33.3. The second-order valence-electron chi connectivity index (χ2n) is 6.06. The third-order valence-electron chi connectivity index (χ3n) is 3.17. The summed E-state index contributed by atoms with van der Waals surface area (Å²) in [5.74, 6) is 1.15. The smallest absolute Gasteiger partial charge is 0.141 e. The number of hydrogen-bond donors (Lipinski definition) is 0. The molecule has 0 fully saturated rings. The number of ketones is 1. The molecule has 21 heavy (non-hydrogen) atoms. The molecular weight excluding hydrogens is 356 g/mol. The number of carbonyl (C=O) groups excluding carboxylic acids is 1. The Balaban J connectivity index is 0. The first-order valence-electron chi connectivity index (χ1n) is 7.15. The molecule has 0 radical (unpaired) electrons. The van der Waals surface area contributed by atoms with Gasteiger partial charge < -0.3 is 0 Å². The van der Waals surface area contributed by atoms with E-state index in [1.165, 1.54) is 26.6 Å². The van der Waals surface area contributed by atoms with Crippen LogP contribution in [-0.2, 0) is 53.8 Å². The van der Waals surface area contributed by atoms with Gasteiger partial charge in [0.2, 0.25) is 0 Å². The lowest BCUT2D eigenvalue weighted by Gasteiger charge is -2.31. The van der Waals surface area contributed by atoms with Crippen LogP contribution in [0.2, 0.25) is 0 Å². The van der Waals surface area contributed by atoms with E-state index in [0.717, 1.165) is 25.7 Å². The van der Waals surface area contributed by atoms with Crippen LogP contribution in [0, 0.1) is 17.3 Å². The molecule has 0 amide bonds. The summed E-state index contributed by atoms with van der Waals surface area (Å²) in [5, 5.41) is 0. The molecule has 0 aromatic rings. The summed E-state index contributed by atoms with van der Waals surface area (Å²) >= 11 is 8.89. The van der Waals surface area contributed by atoms with Gasteiger partial charge in [-0.2, -0.15) is 0 Å². The van der Waals surface area contributed by atoms with E-state index in [2.05, 4.69) is 49.7 Å². The highest BCUT2D eigenvalue weighted by Crippen LogP contribution is 2.35. The molecule has 1 nitrogen and oxygen atoms in total. The summed E-state index contributed by atoms with van der Waals surface area (Å²) in [5.41, 5.74) is -0.134. The fraction of sp³-hybridized carbons (Fsp3) is 0.800. The van der Waals surface area contributed by atoms with Gasteiger partial charge in [0, 0.05) is 60.4 Å². The summed E-state index contributed by atoms with van der Waals surface area (Å²) in [4.78, 5) is 12.3. The van der Waals surface area contributed by atoms with E-state index >= 15 is 0 Å². The Labute approximate surface area is 149 Å². The van der Waals surface area contributed by atoms with Crippen LogP contribution in [0.4, 0.5) is 0 Å². The molecule has 0 rings (SSSR count). The lowest BCUT2D eigenvalue weighted by atomic mass is 9.71. The number of hydrogen-bond acceptors (Lipinski definition) is 3. The molecule has 0 aromatic heterocycles. The Kier molecular flexibility index (Phi) is 16.0. The molecule has 0 aliphatic heterocycles. The Morgan fingerprint density at radius 1 is 1.24 bits per heavy atom. The number of rotatable bonds is 8. The van der Waals surface area contributed by atoms with Crippen molar-refractivity contribution >= 4 is 54.8 Å². The maximum atomic E-state index is 12.3. The topological polar surface area (TPSA) is 17.1 Å². The SMILES string of the molecule is C=CCCC[C@](C)(CC(C)C)C(=O)C(C)C.S=S=S=S=S. The number of allylic oxidation sites excluding steroid dienone is 1. The molecule has 0 aliphatic carbocycles. The second kappa shape index (κ2) is 14.1. The molecule has 124 valence electrons. The number of unbranched alkanes of at least 4 members (excludes halogenated alkanes) is 1. The first kappa shape index (κ1) is 23.8. The largest absolute Gasteiger partial charge is 0.299 e. The molecule has 0 heterocycles. The average molecular weight is 385 g/mol. The number of Topliss-reactive ketones (excluding diaryl/α,β-unsaturated/α-hetero) is 1. The number of carbonyl (C=O) groups is 1. The maximum Gasteiger partial charge on any atom is 0.141 e. The quantitative estimate of drug-likeness (QED) is 0.449. The second-order valence-corrected chi connectivity index (χ2v) is 11.4. The predicted molar refractivity (Wildman–Crippen MR) is 108 cm³/mol. The summed E-state index contributed by atoms with van der Waals surface area (Å²) < 4.78 is 0. The van der Waals surface area contributed by atoms with Crippen LogP contribution in [-0.4, -0.2) is 5.78 Å². The standard InChI is InChI=1S/C15H28O.S5/c1-7-8-9-10-15(6,11-12(2)3)14(16)13(4)5;1-3-5-4-2/h7,12-13H,1,8-11H2,2-6H3;/t15-;/m1./s1. The van der Waals surface area contributed by atoms with Crippen molar-refractivity contribution in [3.05, 3.63) is 12.7 Å². The van der Waals surface area contributed by atoms with Gasteiger partial charge in [0.05, 0.1) is 0 Å². The van der Waals surface area contributed by atoms with Crippen molar-refractivity contribution < 1.29 is 4.79 Å². The van der Waals surface area contributed by atoms with Gasteiger partial charge in [-0.25, -0.2) is 0 Å². The molecule has 0 aliphatic rings. The predicted octanol–water partition coefficient (Wildman–Crippen LogP) is 4.61. The Morgan fingerprint density at radius 2 is 1.76 bits per heavy atom. The molecular formula is C15H28OS5. The Bertz CT molecular complexity index is 415. The lowest BCUT2D eigenvalue weighted by molar-refractivity contribution is -0.132. The zero-order chi connectivity index (χ0) is 16.9. The lowest BCUT2D eigenvalue weighted by Crippen LogP contribution is -2.33. The van der Waals surface area contributed by atoms with Crippen LogP contribution >= 0.6 is 0 Å². The molecule has 6 heteroatoms. The Morgan fingerprint density at radius 3 is 2.05 bits per heavy atom. The van der Waals surface area contributed by atoms with E-state index in [0.29, 0.717) is 11.7 Å². The molecule has 0 N–H and O–H groups in total. The molecule has 1 atom stereocenters. The maximum absolute atomic E-state index is 12.3. The van der Waals surface area contributed by atoms with Crippen molar-refractivity contribution in [2.24, 2.45) is 17.3 Å². The zero-order valence-electron chi connectivity index (χ0n) is 13.7. The van der Waals surface area contributed by atoms with Crippen LogP contribution < -0.4 is 0 Å². The van der Waals surface area contributed by atoms with Crippen molar-refractivity contribution in [1.82, 2.24) is 0 Å². The summed E-state index contributed by atoms with van der Waals surface area (Å²) in [6.07, 6.45) is 6.02. The van der Waals surface area contributed by atoms with Gasteiger partial charge in [0.15, 0.2) is 0 Å². The van der Waals surface area contributed by atoms with Gasteiger partial charge in [-0.1, -0.05) is 40.7 Å². The van der Waals surface area contributed by atoms with Gasteiger partial charge in [-0.15, -0.1) is 6.58 Å². The molecule has 0 saturated heterocycles. The molecule has 0 bridgehead atoms. The van der Waals surface area contributed by atoms with Crippen molar-refractivity contribution in [3.63, 3.8) is 0 Å². The molecule has 0 aromatic carbocycles. The highest BCUT2D eigenvalue weighted by molar-refractivity contribution is 8.59. The normalized spacial score (nSPS) is 12.9. The van der Waals surface area contributed by atoms with Gasteiger partial charge >= 0.3 is 0 Å². The van der Waals surface area contributed by atoms with Crippen LogP contribution in [0.1, 0.15) is 60.3 Å². The van der Waals surface area contributed by atoms with E-state index in [4.69, 9.17) is 0 Å². The minimum atomic E-state index is -0.134.